The molecule has 6 nitrogen and oxygen atoms in total. The van der Waals surface area contributed by atoms with Crippen LogP contribution in [0, 0.1) is 11.8 Å². The smallest absolute Gasteiger partial charge is 0.303 e. The summed E-state index contributed by atoms with van der Waals surface area (Å²) in [5, 5.41) is 8.90. The van der Waals surface area contributed by atoms with Gasteiger partial charge in [0.1, 0.15) is 0 Å². The Balaban J connectivity index is 1.39. The second kappa shape index (κ2) is 9.71. The van der Waals surface area contributed by atoms with Gasteiger partial charge in [-0.3, -0.25) is 14.4 Å². The predicted molar refractivity (Wildman–Crippen MR) is 106 cm³/mol. The summed E-state index contributed by atoms with van der Waals surface area (Å²) in [6.45, 7) is 2.62. The highest BCUT2D eigenvalue weighted by atomic mass is 16.4. The van der Waals surface area contributed by atoms with Crippen LogP contribution in [0.2, 0.25) is 0 Å². The molecule has 0 saturated carbocycles. The number of benzene rings is 1. The molecule has 0 radical (unpaired) electrons. The Labute approximate surface area is 166 Å². The lowest BCUT2D eigenvalue weighted by atomic mass is 9.90. The first kappa shape index (κ1) is 20.4. The van der Waals surface area contributed by atoms with Gasteiger partial charge in [-0.1, -0.05) is 30.3 Å². The van der Waals surface area contributed by atoms with Crippen molar-refractivity contribution in [3.8, 4) is 0 Å². The van der Waals surface area contributed by atoms with Crippen LogP contribution in [0.4, 0.5) is 0 Å². The number of nitrogens with zero attached hydrogens (tertiary/aromatic N) is 2. The number of amides is 2. The van der Waals surface area contributed by atoms with E-state index in [2.05, 4.69) is 0 Å². The molecule has 0 aromatic heterocycles. The molecular formula is C22H30N2O4. The highest BCUT2D eigenvalue weighted by Crippen LogP contribution is 2.25. The molecular weight excluding hydrogens is 356 g/mol. The van der Waals surface area contributed by atoms with Gasteiger partial charge < -0.3 is 14.9 Å². The van der Waals surface area contributed by atoms with E-state index in [1.165, 1.54) is 5.56 Å². The van der Waals surface area contributed by atoms with E-state index in [4.69, 9.17) is 5.11 Å². The van der Waals surface area contributed by atoms with E-state index in [-0.39, 0.29) is 30.1 Å². The molecule has 2 heterocycles. The minimum Gasteiger partial charge on any atom is -0.481 e. The third-order valence-corrected chi connectivity index (χ3v) is 6.06. The Hall–Kier alpha value is -2.37. The van der Waals surface area contributed by atoms with E-state index in [0.717, 1.165) is 32.1 Å². The number of carbonyl (C=O) groups is 3. The average Bonchev–Trinajstić information content (AvgIpc) is 2.72. The van der Waals surface area contributed by atoms with E-state index in [0.29, 0.717) is 32.6 Å². The van der Waals surface area contributed by atoms with Crippen molar-refractivity contribution in [2.75, 3.05) is 26.2 Å². The Morgan fingerprint density at radius 1 is 0.893 bits per heavy atom. The maximum atomic E-state index is 12.8. The van der Waals surface area contributed by atoms with Gasteiger partial charge in [0, 0.05) is 44.9 Å². The van der Waals surface area contributed by atoms with Crippen molar-refractivity contribution in [1.82, 2.24) is 9.80 Å². The molecule has 0 bridgehead atoms. The molecule has 2 amide bonds. The standard InChI is InChI=1S/C22H30N2O4/c25-20(7-6-17-4-2-1-3-5-17)23-14-10-19(11-15-23)22(28)24-12-8-18(9-13-24)16-21(26)27/h1-5,18-19H,6-16H2,(H,26,27). The Morgan fingerprint density at radius 3 is 2.11 bits per heavy atom. The molecule has 152 valence electrons. The molecule has 0 aliphatic carbocycles. The fraction of sp³-hybridized carbons (Fsp3) is 0.591. The molecule has 1 N–H and O–H groups in total. The van der Waals surface area contributed by atoms with Crippen molar-refractivity contribution in [1.29, 1.82) is 0 Å². The van der Waals surface area contributed by atoms with E-state index < -0.39 is 5.97 Å². The summed E-state index contributed by atoms with van der Waals surface area (Å²) >= 11 is 0. The van der Waals surface area contributed by atoms with Gasteiger partial charge in [-0.05, 0) is 43.6 Å². The molecule has 28 heavy (non-hydrogen) atoms. The largest absolute Gasteiger partial charge is 0.481 e. The second-order valence-corrected chi connectivity index (χ2v) is 8.01. The van der Waals surface area contributed by atoms with Crippen LogP contribution >= 0.6 is 0 Å². The van der Waals surface area contributed by atoms with E-state index >= 15 is 0 Å². The van der Waals surface area contributed by atoms with Gasteiger partial charge in [0.25, 0.3) is 0 Å². The fourth-order valence-corrected chi connectivity index (χ4v) is 4.29. The molecule has 0 unspecified atom stereocenters. The third kappa shape index (κ3) is 5.57. The Bertz CT molecular complexity index is 675. The van der Waals surface area contributed by atoms with Gasteiger partial charge in [-0.2, -0.15) is 0 Å². The van der Waals surface area contributed by atoms with Crippen LogP contribution in [0.15, 0.2) is 30.3 Å². The number of piperidine rings is 2. The Kier molecular flexibility index (Phi) is 7.06. The van der Waals surface area contributed by atoms with Gasteiger partial charge in [0.05, 0.1) is 0 Å². The number of aliphatic carboxylic acids is 1. The van der Waals surface area contributed by atoms with E-state index in [1.54, 1.807) is 0 Å². The lowest BCUT2D eigenvalue weighted by molar-refractivity contribution is -0.142. The normalized spacial score (nSPS) is 18.9. The van der Waals surface area contributed by atoms with Crippen molar-refractivity contribution in [2.45, 2.75) is 44.9 Å². The number of carbonyl (C=O) groups excluding carboxylic acids is 2. The number of hydrogen-bond donors (Lipinski definition) is 1. The maximum Gasteiger partial charge on any atom is 0.303 e. The van der Waals surface area contributed by atoms with E-state index in [1.807, 2.05) is 40.1 Å². The zero-order valence-corrected chi connectivity index (χ0v) is 16.4. The van der Waals surface area contributed by atoms with Crippen molar-refractivity contribution in [2.24, 2.45) is 11.8 Å². The first-order chi connectivity index (χ1) is 13.5. The first-order valence-corrected chi connectivity index (χ1v) is 10.3. The van der Waals surface area contributed by atoms with Crippen molar-refractivity contribution in [3.05, 3.63) is 35.9 Å². The van der Waals surface area contributed by atoms with Crippen LogP contribution in [0.3, 0.4) is 0 Å². The lowest BCUT2D eigenvalue weighted by Gasteiger charge is -2.37. The van der Waals surface area contributed by atoms with Gasteiger partial charge in [0.2, 0.25) is 11.8 Å². The van der Waals surface area contributed by atoms with Crippen LogP contribution in [0.1, 0.15) is 44.1 Å². The zero-order valence-electron chi connectivity index (χ0n) is 16.4. The highest BCUT2D eigenvalue weighted by molar-refractivity contribution is 5.80. The van der Waals surface area contributed by atoms with Crippen molar-refractivity contribution in [3.63, 3.8) is 0 Å². The van der Waals surface area contributed by atoms with Gasteiger partial charge in [-0.25, -0.2) is 0 Å². The molecule has 1 aromatic rings. The lowest BCUT2D eigenvalue weighted by Crippen LogP contribution is -2.46. The minimum atomic E-state index is -0.755. The van der Waals surface area contributed by atoms with Gasteiger partial charge in [0.15, 0.2) is 0 Å². The monoisotopic (exact) mass is 386 g/mol. The number of rotatable bonds is 6. The third-order valence-electron chi connectivity index (χ3n) is 6.06. The predicted octanol–water partition coefficient (Wildman–Crippen LogP) is 2.57. The zero-order chi connectivity index (χ0) is 19.9. The SMILES string of the molecule is O=C(O)CC1CCN(C(=O)C2CCN(C(=O)CCc3ccccc3)CC2)CC1. The molecule has 1 aromatic carbocycles. The average molecular weight is 386 g/mol. The number of hydrogen-bond acceptors (Lipinski definition) is 3. The van der Waals surface area contributed by atoms with Crippen molar-refractivity contribution >= 4 is 17.8 Å². The quantitative estimate of drug-likeness (QED) is 0.815. The first-order valence-electron chi connectivity index (χ1n) is 10.3. The number of carboxylic acid groups (broad SMARTS) is 1. The molecule has 0 spiro atoms. The molecule has 2 fully saturated rings. The van der Waals surface area contributed by atoms with Gasteiger partial charge >= 0.3 is 5.97 Å². The van der Waals surface area contributed by atoms with Gasteiger partial charge in [-0.15, -0.1) is 0 Å². The van der Waals surface area contributed by atoms with Crippen molar-refractivity contribution < 1.29 is 19.5 Å². The van der Waals surface area contributed by atoms with Crippen LogP contribution in [-0.2, 0) is 20.8 Å². The van der Waals surface area contributed by atoms with Crippen LogP contribution < -0.4 is 0 Å². The summed E-state index contributed by atoms with van der Waals surface area (Å²) in [6, 6.07) is 10.0. The summed E-state index contributed by atoms with van der Waals surface area (Å²) in [4.78, 5) is 39.9. The van der Waals surface area contributed by atoms with Crippen LogP contribution in [0.5, 0.6) is 0 Å². The number of aryl methyl sites for hydroxylation is 1. The number of likely N-dealkylation sites (tertiary alicyclic amines) is 2. The molecule has 2 aliphatic rings. The topological polar surface area (TPSA) is 77.9 Å². The maximum absolute atomic E-state index is 12.8. The van der Waals surface area contributed by atoms with Crippen LogP contribution in [-0.4, -0.2) is 58.9 Å². The molecule has 3 rings (SSSR count). The summed E-state index contributed by atoms with van der Waals surface area (Å²) < 4.78 is 0. The molecule has 2 aliphatic heterocycles. The van der Waals surface area contributed by atoms with E-state index in [9.17, 15) is 14.4 Å². The second-order valence-electron chi connectivity index (χ2n) is 8.01. The summed E-state index contributed by atoms with van der Waals surface area (Å²) in [5.74, 6) is -0.219. The fourth-order valence-electron chi connectivity index (χ4n) is 4.29. The number of carboxylic acids is 1. The molecule has 0 atom stereocenters. The molecule has 6 heteroatoms. The molecule has 2 saturated heterocycles. The highest BCUT2D eigenvalue weighted by Gasteiger charge is 2.32. The minimum absolute atomic E-state index is 0.00537. The summed E-state index contributed by atoms with van der Waals surface area (Å²) in [5.41, 5.74) is 1.17. The Morgan fingerprint density at radius 2 is 1.50 bits per heavy atom. The summed E-state index contributed by atoms with van der Waals surface area (Å²) in [7, 11) is 0. The van der Waals surface area contributed by atoms with Crippen LogP contribution in [0.25, 0.3) is 0 Å². The summed E-state index contributed by atoms with van der Waals surface area (Å²) in [6.07, 6.45) is 4.47.